The molecular weight excluding hydrogens is 188 g/mol. The van der Waals surface area contributed by atoms with Gasteiger partial charge in [-0.1, -0.05) is 0 Å². The second-order valence-corrected chi connectivity index (χ2v) is 3.57. The van der Waals surface area contributed by atoms with Gasteiger partial charge < -0.3 is 5.73 Å². The second kappa shape index (κ2) is 2.90. The van der Waals surface area contributed by atoms with Crippen molar-refractivity contribution in [3.8, 4) is 0 Å². The molecule has 1 unspecified atom stereocenters. The molecule has 0 spiro atoms. The number of rotatable bonds is 1. The quantitative estimate of drug-likeness (QED) is 0.642. The molecular formula is C7H8N4OS. The van der Waals surface area contributed by atoms with Crippen LogP contribution in [-0.2, 0) is 4.79 Å². The van der Waals surface area contributed by atoms with Gasteiger partial charge in [0.15, 0.2) is 0 Å². The summed E-state index contributed by atoms with van der Waals surface area (Å²) in [6.45, 7) is 1.86. The van der Waals surface area contributed by atoms with E-state index < -0.39 is 6.04 Å². The molecule has 13 heavy (non-hydrogen) atoms. The van der Waals surface area contributed by atoms with E-state index in [-0.39, 0.29) is 5.91 Å². The number of amides is 1. The SMILES string of the molecule is Cc1ncsc1C1=NNC(=O)C1N. The lowest BCUT2D eigenvalue weighted by molar-refractivity contribution is -0.120. The highest BCUT2D eigenvalue weighted by Crippen LogP contribution is 2.16. The highest BCUT2D eigenvalue weighted by molar-refractivity contribution is 7.12. The molecule has 1 amide bonds. The first kappa shape index (κ1) is 8.33. The van der Waals surface area contributed by atoms with Crippen molar-refractivity contribution in [1.82, 2.24) is 10.4 Å². The molecule has 1 aromatic heterocycles. The summed E-state index contributed by atoms with van der Waals surface area (Å²) in [7, 11) is 0. The number of aromatic nitrogens is 1. The van der Waals surface area contributed by atoms with Crippen molar-refractivity contribution >= 4 is 23.0 Å². The highest BCUT2D eigenvalue weighted by atomic mass is 32.1. The zero-order valence-corrected chi connectivity index (χ0v) is 7.76. The summed E-state index contributed by atoms with van der Waals surface area (Å²) in [5.41, 5.74) is 11.1. The fourth-order valence-corrected chi connectivity index (χ4v) is 1.95. The van der Waals surface area contributed by atoms with Crippen molar-refractivity contribution in [2.75, 3.05) is 0 Å². The molecule has 0 bridgehead atoms. The van der Waals surface area contributed by atoms with Gasteiger partial charge in [0.05, 0.1) is 16.1 Å². The minimum atomic E-state index is -0.654. The van der Waals surface area contributed by atoms with Crippen LogP contribution in [0.25, 0.3) is 0 Å². The Kier molecular flexibility index (Phi) is 1.86. The molecule has 1 aliphatic rings. The van der Waals surface area contributed by atoms with Crippen LogP contribution in [0.1, 0.15) is 10.6 Å². The molecule has 0 saturated heterocycles. The first-order valence-electron chi connectivity index (χ1n) is 3.73. The van der Waals surface area contributed by atoms with Crippen molar-refractivity contribution in [3.05, 3.63) is 16.1 Å². The molecule has 0 aliphatic carbocycles. The average molecular weight is 196 g/mol. The first-order valence-corrected chi connectivity index (χ1v) is 4.61. The largest absolute Gasteiger partial charge is 0.315 e. The molecule has 1 atom stereocenters. The molecule has 1 aliphatic heterocycles. The van der Waals surface area contributed by atoms with E-state index in [1.165, 1.54) is 11.3 Å². The zero-order valence-electron chi connectivity index (χ0n) is 6.94. The van der Waals surface area contributed by atoms with E-state index in [1.807, 2.05) is 6.92 Å². The Hall–Kier alpha value is -1.27. The summed E-state index contributed by atoms with van der Waals surface area (Å²) in [6.07, 6.45) is 0. The summed E-state index contributed by atoms with van der Waals surface area (Å²) in [4.78, 5) is 16.0. The van der Waals surface area contributed by atoms with Gasteiger partial charge in [-0.15, -0.1) is 11.3 Å². The van der Waals surface area contributed by atoms with E-state index in [9.17, 15) is 4.79 Å². The van der Waals surface area contributed by atoms with Crippen LogP contribution in [0.5, 0.6) is 0 Å². The van der Waals surface area contributed by atoms with Gasteiger partial charge in [0, 0.05) is 0 Å². The molecule has 0 fully saturated rings. The number of thiazole rings is 1. The van der Waals surface area contributed by atoms with E-state index in [0.717, 1.165) is 10.6 Å². The highest BCUT2D eigenvalue weighted by Gasteiger charge is 2.29. The van der Waals surface area contributed by atoms with Crippen LogP contribution in [-0.4, -0.2) is 22.6 Å². The Bertz CT molecular complexity index is 384. The summed E-state index contributed by atoms with van der Waals surface area (Å²) < 4.78 is 0. The van der Waals surface area contributed by atoms with Crippen LogP contribution < -0.4 is 11.2 Å². The number of nitrogens with two attached hydrogens (primary N) is 1. The lowest BCUT2D eigenvalue weighted by Crippen LogP contribution is -2.37. The number of nitrogens with one attached hydrogen (secondary N) is 1. The van der Waals surface area contributed by atoms with Crippen LogP contribution >= 0.6 is 11.3 Å². The summed E-state index contributed by atoms with van der Waals surface area (Å²) in [5, 5.41) is 3.86. The Balaban J connectivity index is 2.39. The first-order chi connectivity index (χ1) is 6.20. The van der Waals surface area contributed by atoms with Crippen LogP contribution in [0, 0.1) is 6.92 Å². The zero-order chi connectivity index (χ0) is 9.42. The minimum Gasteiger partial charge on any atom is -0.315 e. The number of hydrazone groups is 1. The van der Waals surface area contributed by atoms with Crippen LogP contribution in [0.3, 0.4) is 0 Å². The topological polar surface area (TPSA) is 80.4 Å². The normalized spacial score (nSPS) is 21.5. The number of carbonyl (C=O) groups excluding carboxylic acids is 1. The van der Waals surface area contributed by atoms with Crippen molar-refractivity contribution in [3.63, 3.8) is 0 Å². The van der Waals surface area contributed by atoms with Gasteiger partial charge in [0.2, 0.25) is 0 Å². The summed E-state index contributed by atoms with van der Waals surface area (Å²) in [5.74, 6) is -0.261. The fraction of sp³-hybridized carbons (Fsp3) is 0.286. The van der Waals surface area contributed by atoms with E-state index in [4.69, 9.17) is 5.73 Å². The van der Waals surface area contributed by atoms with Gasteiger partial charge in [0.25, 0.3) is 5.91 Å². The lowest BCUT2D eigenvalue weighted by atomic mass is 10.1. The summed E-state index contributed by atoms with van der Waals surface area (Å²) in [6, 6.07) is -0.654. The number of nitrogens with zero attached hydrogens (tertiary/aromatic N) is 2. The molecule has 1 aromatic rings. The molecule has 0 aromatic carbocycles. The monoisotopic (exact) mass is 196 g/mol. The van der Waals surface area contributed by atoms with Gasteiger partial charge in [-0.05, 0) is 6.92 Å². The molecule has 0 radical (unpaired) electrons. The lowest BCUT2D eigenvalue weighted by Gasteiger charge is -2.01. The third-order valence-corrected chi connectivity index (χ3v) is 2.79. The van der Waals surface area contributed by atoms with Gasteiger partial charge in [-0.3, -0.25) is 4.79 Å². The maximum Gasteiger partial charge on any atom is 0.263 e. The van der Waals surface area contributed by atoms with Gasteiger partial charge in [0.1, 0.15) is 11.8 Å². The maximum absolute atomic E-state index is 11.0. The number of hydrogen-bond donors (Lipinski definition) is 2. The Morgan fingerprint density at radius 1 is 1.69 bits per heavy atom. The van der Waals surface area contributed by atoms with Gasteiger partial charge in [-0.25, -0.2) is 10.4 Å². The predicted octanol–water partition coefficient (Wildman–Crippen LogP) is -0.387. The summed E-state index contributed by atoms with van der Waals surface area (Å²) >= 11 is 1.44. The molecule has 6 heteroatoms. The molecule has 5 nitrogen and oxygen atoms in total. The van der Waals surface area contributed by atoms with E-state index in [2.05, 4.69) is 15.5 Å². The third-order valence-electron chi connectivity index (χ3n) is 1.84. The van der Waals surface area contributed by atoms with E-state index in [0.29, 0.717) is 5.71 Å². The number of carbonyl (C=O) groups is 1. The van der Waals surface area contributed by atoms with E-state index >= 15 is 0 Å². The van der Waals surface area contributed by atoms with Crippen molar-refractivity contribution < 1.29 is 4.79 Å². The Morgan fingerprint density at radius 3 is 2.92 bits per heavy atom. The Morgan fingerprint density at radius 2 is 2.46 bits per heavy atom. The second-order valence-electron chi connectivity index (χ2n) is 2.72. The number of aryl methyl sites for hydroxylation is 1. The predicted molar refractivity (Wildman–Crippen MR) is 49.5 cm³/mol. The standard InChI is InChI=1S/C7H8N4OS/c1-3-6(13-2-9-3)5-4(8)7(12)11-10-5/h2,4H,8H2,1H3,(H,11,12). The smallest absolute Gasteiger partial charge is 0.263 e. The van der Waals surface area contributed by atoms with Crippen molar-refractivity contribution in [2.24, 2.45) is 10.8 Å². The minimum absolute atomic E-state index is 0.261. The van der Waals surface area contributed by atoms with Crippen LogP contribution in [0.15, 0.2) is 10.6 Å². The van der Waals surface area contributed by atoms with Crippen LogP contribution in [0.4, 0.5) is 0 Å². The molecule has 68 valence electrons. The van der Waals surface area contributed by atoms with Gasteiger partial charge >= 0.3 is 0 Å². The maximum atomic E-state index is 11.0. The van der Waals surface area contributed by atoms with Gasteiger partial charge in [-0.2, -0.15) is 5.10 Å². The van der Waals surface area contributed by atoms with Crippen LogP contribution in [0.2, 0.25) is 0 Å². The van der Waals surface area contributed by atoms with Crippen molar-refractivity contribution in [2.45, 2.75) is 13.0 Å². The molecule has 3 N–H and O–H groups in total. The molecule has 2 rings (SSSR count). The Labute approximate surface area is 78.7 Å². The molecule has 0 saturated carbocycles. The number of hydrogen-bond acceptors (Lipinski definition) is 5. The third kappa shape index (κ3) is 1.24. The van der Waals surface area contributed by atoms with E-state index in [1.54, 1.807) is 5.51 Å². The van der Waals surface area contributed by atoms with Crippen molar-refractivity contribution in [1.29, 1.82) is 0 Å². The molecule has 2 heterocycles. The fourth-order valence-electron chi connectivity index (χ4n) is 1.12. The average Bonchev–Trinajstić information content (AvgIpc) is 2.62.